The van der Waals surface area contributed by atoms with Crippen LogP contribution in [0.1, 0.15) is 31.7 Å². The molecule has 1 N–H and O–H groups in total. The van der Waals surface area contributed by atoms with Crippen molar-refractivity contribution in [2.75, 3.05) is 5.32 Å². The quantitative estimate of drug-likeness (QED) is 0.393. The highest BCUT2D eigenvalue weighted by molar-refractivity contribution is 5.88. The van der Waals surface area contributed by atoms with Crippen molar-refractivity contribution in [3.63, 3.8) is 0 Å². The summed E-state index contributed by atoms with van der Waals surface area (Å²) in [5.74, 6) is 0.994. The Balaban J connectivity index is 1.72. The second-order valence-corrected chi connectivity index (χ2v) is 7.03. The van der Waals surface area contributed by atoms with Gasteiger partial charge in [0, 0.05) is 24.8 Å². The number of hydrogen-bond donors (Lipinski definition) is 1. The molecule has 0 saturated carbocycles. The van der Waals surface area contributed by atoms with Crippen LogP contribution >= 0.6 is 0 Å². The molecule has 0 bridgehead atoms. The average Bonchev–Trinajstić information content (AvgIpc) is 3.13. The van der Waals surface area contributed by atoms with Crippen molar-refractivity contribution in [3.8, 4) is 11.4 Å². The number of rotatable bonds is 8. The largest absolute Gasteiger partial charge is 0.379 e. The summed E-state index contributed by atoms with van der Waals surface area (Å²) in [6, 6.07) is 22.8. The number of pyridine rings is 1. The van der Waals surface area contributed by atoms with Crippen molar-refractivity contribution in [2.24, 2.45) is 0 Å². The van der Waals surface area contributed by atoms with Crippen LogP contribution in [0, 0.1) is 0 Å². The minimum Gasteiger partial charge on any atom is -0.379 e. The predicted molar refractivity (Wildman–Crippen MR) is 116 cm³/mol. The zero-order chi connectivity index (χ0) is 19.2. The Morgan fingerprint density at radius 1 is 0.893 bits per heavy atom. The van der Waals surface area contributed by atoms with Gasteiger partial charge in [-0.05, 0) is 18.1 Å². The van der Waals surface area contributed by atoms with E-state index in [4.69, 9.17) is 4.98 Å². The standard InChI is InChI=1S/C24H26N4/c1-2-3-10-17-28-23(20-13-8-5-9-14-20)27-22-21(15-16-25-24(22)28)26-18-19-11-6-4-7-12-19/h4-9,11-16H,2-3,10,17-18H2,1H3,(H,25,26). The fraction of sp³-hybridized carbons (Fsp3) is 0.250. The van der Waals surface area contributed by atoms with Crippen LogP contribution in [0.5, 0.6) is 0 Å². The molecule has 0 aliphatic carbocycles. The van der Waals surface area contributed by atoms with Crippen LogP contribution in [-0.4, -0.2) is 14.5 Å². The monoisotopic (exact) mass is 370 g/mol. The van der Waals surface area contributed by atoms with Gasteiger partial charge in [-0.3, -0.25) is 0 Å². The van der Waals surface area contributed by atoms with E-state index in [9.17, 15) is 0 Å². The number of aryl methyl sites for hydroxylation is 1. The molecule has 0 unspecified atom stereocenters. The van der Waals surface area contributed by atoms with Crippen LogP contribution in [0.4, 0.5) is 5.69 Å². The van der Waals surface area contributed by atoms with E-state index in [0.29, 0.717) is 0 Å². The van der Waals surface area contributed by atoms with Gasteiger partial charge in [0.1, 0.15) is 11.3 Å². The van der Waals surface area contributed by atoms with E-state index in [2.05, 4.69) is 70.3 Å². The molecule has 2 aromatic heterocycles. The van der Waals surface area contributed by atoms with Crippen LogP contribution in [0.25, 0.3) is 22.6 Å². The van der Waals surface area contributed by atoms with Crippen molar-refractivity contribution in [3.05, 3.63) is 78.5 Å². The SMILES string of the molecule is CCCCCn1c(-c2ccccc2)nc2c(NCc3ccccc3)ccnc21. The van der Waals surface area contributed by atoms with Gasteiger partial charge in [0.15, 0.2) is 5.65 Å². The molecule has 0 aliphatic rings. The molecule has 4 rings (SSSR count). The number of imidazole rings is 1. The lowest BCUT2D eigenvalue weighted by Crippen LogP contribution is -2.03. The molecule has 0 fully saturated rings. The van der Waals surface area contributed by atoms with Gasteiger partial charge in [0.05, 0.1) is 5.69 Å². The smallest absolute Gasteiger partial charge is 0.162 e. The molecule has 0 spiro atoms. The van der Waals surface area contributed by atoms with Crippen LogP contribution in [-0.2, 0) is 13.1 Å². The third-order valence-electron chi connectivity index (χ3n) is 4.98. The number of aromatic nitrogens is 3. The first-order valence-electron chi connectivity index (χ1n) is 10.1. The van der Waals surface area contributed by atoms with Gasteiger partial charge in [0.2, 0.25) is 0 Å². The van der Waals surface area contributed by atoms with E-state index in [1.165, 1.54) is 18.4 Å². The Kier molecular flexibility index (Phi) is 5.66. The molecule has 4 heteroatoms. The summed E-state index contributed by atoms with van der Waals surface area (Å²) >= 11 is 0. The molecule has 0 aliphatic heterocycles. The Labute approximate surface area is 166 Å². The lowest BCUT2D eigenvalue weighted by atomic mass is 10.2. The maximum atomic E-state index is 5.01. The second kappa shape index (κ2) is 8.70. The van der Waals surface area contributed by atoms with E-state index in [0.717, 1.165) is 47.7 Å². The van der Waals surface area contributed by atoms with Crippen LogP contribution < -0.4 is 5.32 Å². The summed E-state index contributed by atoms with van der Waals surface area (Å²) in [7, 11) is 0. The van der Waals surface area contributed by atoms with E-state index >= 15 is 0 Å². The molecule has 4 nitrogen and oxygen atoms in total. The van der Waals surface area contributed by atoms with Gasteiger partial charge in [-0.15, -0.1) is 0 Å². The summed E-state index contributed by atoms with van der Waals surface area (Å²) in [6.45, 7) is 3.93. The number of anilines is 1. The normalized spacial score (nSPS) is 11.0. The van der Waals surface area contributed by atoms with Crippen molar-refractivity contribution < 1.29 is 0 Å². The molecule has 2 aromatic carbocycles. The minimum absolute atomic E-state index is 0.767. The van der Waals surface area contributed by atoms with Crippen LogP contribution in [0.2, 0.25) is 0 Å². The lowest BCUT2D eigenvalue weighted by molar-refractivity contribution is 0.614. The Morgan fingerprint density at radius 3 is 2.39 bits per heavy atom. The first kappa shape index (κ1) is 18.2. The topological polar surface area (TPSA) is 42.7 Å². The molecule has 28 heavy (non-hydrogen) atoms. The Bertz CT molecular complexity index is 1020. The number of benzene rings is 2. The fourth-order valence-corrected chi connectivity index (χ4v) is 3.49. The second-order valence-electron chi connectivity index (χ2n) is 7.03. The number of nitrogens with zero attached hydrogens (tertiary/aromatic N) is 3. The summed E-state index contributed by atoms with van der Waals surface area (Å²) in [5.41, 5.74) is 5.30. The highest BCUT2D eigenvalue weighted by atomic mass is 15.1. The zero-order valence-electron chi connectivity index (χ0n) is 16.3. The van der Waals surface area contributed by atoms with Gasteiger partial charge in [-0.1, -0.05) is 80.4 Å². The first-order chi connectivity index (χ1) is 13.9. The molecule has 0 atom stereocenters. The average molecular weight is 371 g/mol. The Hall–Kier alpha value is -3.14. The fourth-order valence-electron chi connectivity index (χ4n) is 3.49. The molecular formula is C24H26N4. The van der Waals surface area contributed by atoms with Gasteiger partial charge >= 0.3 is 0 Å². The number of nitrogens with one attached hydrogen (secondary N) is 1. The summed E-state index contributed by atoms with van der Waals surface area (Å²) in [4.78, 5) is 9.69. The third kappa shape index (κ3) is 3.91. The van der Waals surface area contributed by atoms with Gasteiger partial charge in [0.25, 0.3) is 0 Å². The number of fused-ring (bicyclic) bond motifs is 1. The number of hydrogen-bond acceptors (Lipinski definition) is 3. The van der Waals surface area contributed by atoms with Gasteiger partial charge in [-0.2, -0.15) is 0 Å². The highest BCUT2D eigenvalue weighted by Crippen LogP contribution is 2.28. The first-order valence-corrected chi connectivity index (χ1v) is 10.1. The van der Waals surface area contributed by atoms with E-state index in [1.54, 1.807) is 0 Å². The molecule has 0 radical (unpaired) electrons. The summed E-state index contributed by atoms with van der Waals surface area (Å²) < 4.78 is 2.27. The van der Waals surface area contributed by atoms with E-state index < -0.39 is 0 Å². The Morgan fingerprint density at radius 2 is 1.64 bits per heavy atom. The van der Waals surface area contributed by atoms with Gasteiger partial charge in [-0.25, -0.2) is 9.97 Å². The maximum absolute atomic E-state index is 5.01. The van der Waals surface area contributed by atoms with Gasteiger partial charge < -0.3 is 9.88 Å². The molecule has 0 saturated heterocycles. The van der Waals surface area contributed by atoms with Crippen molar-refractivity contribution in [1.82, 2.24) is 14.5 Å². The summed E-state index contributed by atoms with van der Waals surface area (Å²) in [5, 5.41) is 3.55. The van der Waals surface area contributed by atoms with Crippen LogP contribution in [0.3, 0.4) is 0 Å². The number of unbranched alkanes of at least 4 members (excludes halogenated alkanes) is 2. The maximum Gasteiger partial charge on any atom is 0.162 e. The van der Waals surface area contributed by atoms with Crippen molar-refractivity contribution >= 4 is 16.9 Å². The minimum atomic E-state index is 0.767. The molecule has 2 heterocycles. The molecule has 4 aromatic rings. The highest BCUT2D eigenvalue weighted by Gasteiger charge is 2.16. The summed E-state index contributed by atoms with van der Waals surface area (Å²) in [6.07, 6.45) is 5.41. The lowest BCUT2D eigenvalue weighted by Gasteiger charge is -2.09. The molecule has 142 valence electrons. The van der Waals surface area contributed by atoms with Crippen molar-refractivity contribution in [1.29, 1.82) is 0 Å². The van der Waals surface area contributed by atoms with E-state index in [1.807, 2.05) is 24.4 Å². The van der Waals surface area contributed by atoms with Crippen LogP contribution in [0.15, 0.2) is 72.9 Å². The zero-order valence-corrected chi connectivity index (χ0v) is 16.3. The third-order valence-corrected chi connectivity index (χ3v) is 4.98. The predicted octanol–water partition coefficient (Wildman–Crippen LogP) is 5.90. The van der Waals surface area contributed by atoms with E-state index in [-0.39, 0.29) is 0 Å². The molecule has 0 amide bonds. The molecular weight excluding hydrogens is 344 g/mol. The van der Waals surface area contributed by atoms with Crippen molar-refractivity contribution in [2.45, 2.75) is 39.3 Å².